The normalized spacial score (nSPS) is 12.1. The Labute approximate surface area is 358 Å². The molecule has 0 atom stereocenters. The summed E-state index contributed by atoms with van der Waals surface area (Å²) in [4.78, 5) is 48.6. The number of hydrogen-bond donors (Lipinski definition) is 2. The molecule has 56 heavy (non-hydrogen) atoms. The van der Waals surface area contributed by atoms with E-state index in [9.17, 15) is 0 Å². The van der Waals surface area contributed by atoms with Gasteiger partial charge in [0.25, 0.3) is 0 Å². The Hall–Kier alpha value is -2.96. The highest BCUT2D eigenvalue weighted by molar-refractivity contribution is 8.00. The van der Waals surface area contributed by atoms with Crippen molar-refractivity contribution < 1.29 is 0 Å². The van der Waals surface area contributed by atoms with E-state index in [1.54, 1.807) is 94.1 Å². The van der Waals surface area contributed by atoms with Crippen LogP contribution in [0.5, 0.6) is 0 Å². The van der Waals surface area contributed by atoms with Gasteiger partial charge in [-0.15, -0.1) is 94.1 Å². The van der Waals surface area contributed by atoms with Crippen LogP contribution in [0.1, 0.15) is 0 Å². The smallest absolute Gasteiger partial charge is 0.165 e. The molecular formula is C40H34N8S8. The molecule has 3 aromatic heterocycles. The zero-order chi connectivity index (χ0) is 38.8. The zero-order valence-corrected chi connectivity index (χ0v) is 38.1. The molecule has 0 saturated carbocycles. The molecule has 8 nitrogen and oxygen atoms in total. The Kier molecular flexibility index (Phi) is 10.8. The third-order valence-corrected chi connectivity index (χ3v) is 16.1. The van der Waals surface area contributed by atoms with E-state index in [-0.39, 0.29) is 0 Å². The summed E-state index contributed by atoms with van der Waals surface area (Å²) < 4.78 is 0. The third kappa shape index (κ3) is 6.08. The second-order valence-electron chi connectivity index (χ2n) is 12.5. The molecule has 2 aliphatic heterocycles. The number of H-pyrrole nitrogens is 2. The van der Waals surface area contributed by atoms with E-state index in [4.69, 9.17) is 29.9 Å². The van der Waals surface area contributed by atoms with Crippen molar-refractivity contribution in [1.82, 2.24) is 39.9 Å². The molecule has 9 rings (SSSR count). The highest BCUT2D eigenvalue weighted by Gasteiger charge is 2.29. The van der Waals surface area contributed by atoms with E-state index < -0.39 is 0 Å². The third-order valence-electron chi connectivity index (χ3n) is 9.88. The highest BCUT2D eigenvalue weighted by atomic mass is 32.2. The lowest BCUT2D eigenvalue weighted by atomic mass is 10.1. The SMILES string of the molecule is CSc1ccc(SC)c2c1-c1nc-2nc2[nH]c(nc3nc(nc4[nH]c(n1)c1c(SC)ccc(SC)c41)-c1c(SC)ccc(SC)c1-3)c1c(SC)ccc(SC)c21. The predicted molar refractivity (Wildman–Crippen MR) is 250 cm³/mol. The number of fused-ring (bicyclic) bond motifs is 20. The molecule has 4 aromatic carbocycles. The summed E-state index contributed by atoms with van der Waals surface area (Å²) >= 11 is 13.6. The van der Waals surface area contributed by atoms with E-state index in [2.05, 4.69) is 109 Å². The molecule has 16 heteroatoms. The molecule has 0 aliphatic carbocycles. The predicted octanol–water partition coefficient (Wildman–Crippen LogP) is 12.6. The van der Waals surface area contributed by atoms with E-state index in [1.807, 2.05) is 0 Å². The number of benzene rings is 4. The maximum absolute atomic E-state index is 5.45. The Morgan fingerprint density at radius 2 is 0.482 bits per heavy atom. The van der Waals surface area contributed by atoms with Crippen molar-refractivity contribution in [3.05, 3.63) is 48.5 Å². The molecule has 0 fully saturated rings. The number of aromatic nitrogens is 8. The van der Waals surface area contributed by atoms with Crippen molar-refractivity contribution in [3.63, 3.8) is 0 Å². The number of thioether (sulfide) groups is 8. The average molecular weight is 883 g/mol. The molecule has 0 radical (unpaired) electrons. The second-order valence-corrected chi connectivity index (χ2v) is 19.3. The quantitative estimate of drug-likeness (QED) is 0.141. The lowest BCUT2D eigenvalue weighted by Gasteiger charge is -2.09. The molecule has 0 amide bonds. The number of hydrogen-bond acceptors (Lipinski definition) is 14. The molecule has 8 bridgehead atoms. The Bertz CT molecular complexity index is 2560. The van der Waals surface area contributed by atoms with Gasteiger partial charge in [0.1, 0.15) is 22.6 Å². The number of nitrogens with zero attached hydrogens (tertiary/aromatic N) is 6. The van der Waals surface area contributed by atoms with E-state index >= 15 is 0 Å². The summed E-state index contributed by atoms with van der Waals surface area (Å²) in [5.41, 5.74) is 6.76. The van der Waals surface area contributed by atoms with Crippen molar-refractivity contribution >= 4 is 138 Å². The average Bonchev–Trinajstić information content (AvgIpc) is 3.99. The molecule has 282 valence electrons. The van der Waals surface area contributed by atoms with Crippen LogP contribution in [0.3, 0.4) is 0 Å². The first-order valence-corrected chi connectivity index (χ1v) is 27.0. The summed E-state index contributed by atoms with van der Waals surface area (Å²) in [6.45, 7) is 0. The minimum atomic E-state index is 0.617. The zero-order valence-electron chi connectivity index (χ0n) is 31.6. The maximum atomic E-state index is 5.45. The summed E-state index contributed by atoms with van der Waals surface area (Å²) in [5.74, 6) is 2.47. The van der Waals surface area contributed by atoms with E-state index in [0.29, 0.717) is 45.9 Å². The highest BCUT2D eigenvalue weighted by Crippen LogP contribution is 2.48. The van der Waals surface area contributed by atoms with E-state index in [0.717, 1.165) is 83.0 Å². The standard InChI is InChI=1S/C40H34N8S8/c1-49-17-9-10-18(50-2)26-25(17)33-41-34(26)46-36-29-21(53-5)13-14-22(54-6)30(29)38(43-36)48-40-32-24(56-8)16-15-23(55-7)31(32)39(44-40)47-37-28-20(52-4)12-11-19(51-3)27(28)35(42-37)45-33/h9-16H,1-8H3,(H2,41,42,43,44,45,46,47,48). The van der Waals surface area contributed by atoms with Gasteiger partial charge in [0.2, 0.25) is 0 Å². The van der Waals surface area contributed by atoms with Gasteiger partial charge in [-0.25, -0.2) is 29.9 Å². The Morgan fingerprint density at radius 3 is 0.679 bits per heavy atom. The number of nitrogens with one attached hydrogen (secondary N) is 2. The first-order valence-electron chi connectivity index (χ1n) is 17.2. The fourth-order valence-electron chi connectivity index (χ4n) is 7.43. The Balaban J connectivity index is 1.58. The van der Waals surface area contributed by atoms with Crippen LogP contribution in [0.25, 0.3) is 89.7 Å². The molecule has 7 aromatic rings. The van der Waals surface area contributed by atoms with Crippen LogP contribution >= 0.6 is 94.1 Å². The topological polar surface area (TPSA) is 109 Å². The lowest BCUT2D eigenvalue weighted by molar-refractivity contribution is 1.18. The van der Waals surface area contributed by atoms with Crippen molar-refractivity contribution in [3.8, 4) is 45.6 Å². The fourth-order valence-corrected chi connectivity index (χ4v) is 12.3. The second kappa shape index (κ2) is 15.7. The number of aromatic amines is 2. The van der Waals surface area contributed by atoms with Crippen LogP contribution in [-0.4, -0.2) is 89.9 Å². The van der Waals surface area contributed by atoms with Gasteiger partial charge in [-0.1, -0.05) is 0 Å². The summed E-state index contributed by atoms with van der Waals surface area (Å²) in [6.07, 6.45) is 16.8. The molecular weight excluding hydrogens is 849 g/mol. The minimum absolute atomic E-state index is 0.617. The van der Waals surface area contributed by atoms with Crippen LogP contribution in [0.4, 0.5) is 0 Å². The summed E-state index contributed by atoms with van der Waals surface area (Å²) in [7, 11) is 0. The summed E-state index contributed by atoms with van der Waals surface area (Å²) in [5, 5.41) is 4.05. The molecule has 0 unspecified atom stereocenters. The van der Waals surface area contributed by atoms with Gasteiger partial charge in [-0.05, 0) is 98.6 Å². The van der Waals surface area contributed by atoms with E-state index in [1.165, 1.54) is 0 Å². The van der Waals surface area contributed by atoms with Crippen molar-refractivity contribution in [2.45, 2.75) is 39.2 Å². The summed E-state index contributed by atoms with van der Waals surface area (Å²) in [6, 6.07) is 17.4. The van der Waals surface area contributed by atoms with Crippen LogP contribution < -0.4 is 0 Å². The van der Waals surface area contributed by atoms with Gasteiger partial charge < -0.3 is 9.97 Å². The number of rotatable bonds is 8. The van der Waals surface area contributed by atoms with Gasteiger partial charge in [0.05, 0.1) is 0 Å². The largest absolute Gasteiger partial charge is 0.324 e. The first-order chi connectivity index (χ1) is 27.4. The maximum Gasteiger partial charge on any atom is 0.165 e. The monoisotopic (exact) mass is 882 g/mol. The first kappa shape index (κ1) is 38.6. The van der Waals surface area contributed by atoms with Gasteiger partial charge >= 0.3 is 0 Å². The molecule has 5 heterocycles. The van der Waals surface area contributed by atoms with Crippen molar-refractivity contribution in [2.75, 3.05) is 50.0 Å². The Morgan fingerprint density at radius 1 is 0.286 bits per heavy atom. The van der Waals surface area contributed by atoms with Gasteiger partial charge in [0.15, 0.2) is 23.3 Å². The van der Waals surface area contributed by atoms with Crippen LogP contribution in [-0.2, 0) is 0 Å². The molecule has 0 spiro atoms. The minimum Gasteiger partial charge on any atom is -0.324 e. The van der Waals surface area contributed by atoms with Gasteiger partial charge in [0, 0.05) is 83.0 Å². The fraction of sp³-hybridized carbons (Fsp3) is 0.200. The van der Waals surface area contributed by atoms with Crippen molar-refractivity contribution in [2.24, 2.45) is 0 Å². The van der Waals surface area contributed by atoms with Gasteiger partial charge in [-0.3, -0.25) is 0 Å². The molecule has 2 aliphatic rings. The van der Waals surface area contributed by atoms with Crippen LogP contribution in [0.2, 0.25) is 0 Å². The lowest BCUT2D eigenvalue weighted by Crippen LogP contribution is -1.89. The van der Waals surface area contributed by atoms with Gasteiger partial charge in [-0.2, -0.15) is 0 Å². The van der Waals surface area contributed by atoms with Crippen molar-refractivity contribution in [1.29, 1.82) is 0 Å². The van der Waals surface area contributed by atoms with Crippen LogP contribution in [0.15, 0.2) is 87.7 Å². The molecule has 2 N–H and O–H groups in total. The molecule has 0 saturated heterocycles. The van der Waals surface area contributed by atoms with Crippen LogP contribution in [0, 0.1) is 0 Å².